The molecule has 0 heterocycles. The number of carbonyl (C=O) groups is 1. The zero-order valence-corrected chi connectivity index (χ0v) is 12.7. The Bertz CT molecular complexity index is 327. The minimum Gasteiger partial charge on any atom is -0.481 e. The van der Waals surface area contributed by atoms with Crippen molar-refractivity contribution in [1.29, 1.82) is 0 Å². The zero-order valence-electron chi connectivity index (χ0n) is 12.7. The minimum absolute atomic E-state index is 0.576. The van der Waals surface area contributed by atoms with Crippen molar-refractivity contribution in [3.8, 4) is 0 Å². The van der Waals surface area contributed by atoms with Crippen LogP contribution in [0, 0.1) is 23.2 Å². The van der Waals surface area contributed by atoms with Crippen LogP contribution in [0.4, 0.5) is 0 Å². The molecule has 2 saturated carbocycles. The van der Waals surface area contributed by atoms with Crippen molar-refractivity contribution < 1.29 is 9.90 Å². The van der Waals surface area contributed by atoms with Gasteiger partial charge in [-0.05, 0) is 77.3 Å². The van der Waals surface area contributed by atoms with Gasteiger partial charge in [0.1, 0.15) is 0 Å². The normalized spacial score (nSPS) is 30.2. The van der Waals surface area contributed by atoms with Crippen molar-refractivity contribution in [1.82, 2.24) is 4.90 Å². The number of fused-ring (bicyclic) bond motifs is 2. The van der Waals surface area contributed by atoms with Crippen molar-refractivity contribution in [2.24, 2.45) is 23.2 Å². The molecule has 0 saturated heterocycles. The number of hydrogen-bond donors (Lipinski definition) is 1. The molecule has 2 aliphatic rings. The van der Waals surface area contributed by atoms with Gasteiger partial charge in [-0.2, -0.15) is 0 Å². The number of carboxylic acids is 1. The maximum atomic E-state index is 11.0. The molecule has 0 spiro atoms. The number of carboxylic acid groups (broad SMARTS) is 1. The molecule has 3 atom stereocenters. The monoisotopic (exact) mass is 267 g/mol. The smallest absolute Gasteiger partial charge is 0.309 e. The van der Waals surface area contributed by atoms with Crippen LogP contribution in [0.2, 0.25) is 0 Å². The van der Waals surface area contributed by atoms with Gasteiger partial charge in [0.25, 0.3) is 0 Å². The van der Waals surface area contributed by atoms with E-state index in [4.69, 9.17) is 5.11 Å². The summed E-state index contributed by atoms with van der Waals surface area (Å²) in [6.07, 6.45) is 7.59. The van der Waals surface area contributed by atoms with E-state index >= 15 is 0 Å². The van der Waals surface area contributed by atoms with Crippen LogP contribution in [0.5, 0.6) is 0 Å². The van der Waals surface area contributed by atoms with E-state index in [1.54, 1.807) is 0 Å². The molecular formula is C16H29NO2. The Labute approximate surface area is 117 Å². The lowest BCUT2D eigenvalue weighted by atomic mass is 9.87. The van der Waals surface area contributed by atoms with E-state index < -0.39 is 11.4 Å². The van der Waals surface area contributed by atoms with Crippen molar-refractivity contribution in [3.05, 3.63) is 0 Å². The summed E-state index contributed by atoms with van der Waals surface area (Å²) < 4.78 is 0. The van der Waals surface area contributed by atoms with Crippen LogP contribution >= 0.6 is 0 Å². The lowest BCUT2D eigenvalue weighted by molar-refractivity contribution is -0.147. The molecule has 2 fully saturated rings. The second kappa shape index (κ2) is 5.82. The second-order valence-corrected chi connectivity index (χ2v) is 7.49. The zero-order chi connectivity index (χ0) is 14.0. The SMILES string of the molecule is CN(CCCC(C)(C)C(=O)O)CC1CC2CCC1C2. The van der Waals surface area contributed by atoms with E-state index in [9.17, 15) is 4.79 Å². The Morgan fingerprint density at radius 2 is 2.05 bits per heavy atom. The first kappa shape index (κ1) is 14.8. The molecule has 3 nitrogen and oxygen atoms in total. The average molecular weight is 267 g/mol. The fourth-order valence-corrected chi connectivity index (χ4v) is 3.99. The largest absolute Gasteiger partial charge is 0.481 e. The first-order chi connectivity index (χ1) is 8.88. The lowest BCUT2D eigenvalue weighted by Crippen LogP contribution is -2.31. The lowest BCUT2D eigenvalue weighted by Gasteiger charge is -2.28. The first-order valence-electron chi connectivity index (χ1n) is 7.80. The predicted octanol–water partition coefficient (Wildman–Crippen LogP) is 3.25. The van der Waals surface area contributed by atoms with E-state index in [1.807, 2.05) is 13.8 Å². The van der Waals surface area contributed by atoms with E-state index in [1.165, 1.54) is 32.2 Å². The highest BCUT2D eigenvalue weighted by Gasteiger charge is 2.39. The van der Waals surface area contributed by atoms with Crippen LogP contribution in [0.1, 0.15) is 52.4 Å². The highest BCUT2D eigenvalue weighted by atomic mass is 16.4. The minimum atomic E-state index is -0.678. The molecule has 2 aliphatic carbocycles. The van der Waals surface area contributed by atoms with Gasteiger partial charge in [-0.25, -0.2) is 0 Å². The van der Waals surface area contributed by atoms with Crippen molar-refractivity contribution >= 4 is 5.97 Å². The summed E-state index contributed by atoms with van der Waals surface area (Å²) in [6.45, 7) is 5.90. The fraction of sp³-hybridized carbons (Fsp3) is 0.938. The molecule has 0 aromatic rings. The quantitative estimate of drug-likeness (QED) is 0.770. The molecule has 0 radical (unpaired) electrons. The Kier molecular flexibility index (Phi) is 4.54. The predicted molar refractivity (Wildman–Crippen MR) is 77.1 cm³/mol. The summed E-state index contributed by atoms with van der Waals surface area (Å²) in [5.41, 5.74) is -0.576. The third-order valence-electron chi connectivity index (χ3n) is 5.35. The van der Waals surface area contributed by atoms with Gasteiger partial charge in [-0.1, -0.05) is 6.42 Å². The molecule has 19 heavy (non-hydrogen) atoms. The summed E-state index contributed by atoms with van der Waals surface area (Å²) in [4.78, 5) is 13.5. The summed E-state index contributed by atoms with van der Waals surface area (Å²) in [7, 11) is 2.19. The Hall–Kier alpha value is -0.570. The van der Waals surface area contributed by atoms with E-state index in [0.717, 1.165) is 37.1 Å². The molecule has 3 unspecified atom stereocenters. The molecule has 2 rings (SSSR count). The van der Waals surface area contributed by atoms with Gasteiger partial charge in [0.15, 0.2) is 0 Å². The Morgan fingerprint density at radius 3 is 2.58 bits per heavy atom. The summed E-state index contributed by atoms with van der Waals surface area (Å²) >= 11 is 0. The van der Waals surface area contributed by atoms with E-state index in [0.29, 0.717) is 0 Å². The molecule has 0 amide bonds. The number of aliphatic carboxylic acids is 1. The maximum absolute atomic E-state index is 11.0. The van der Waals surface area contributed by atoms with Crippen LogP contribution < -0.4 is 0 Å². The van der Waals surface area contributed by atoms with E-state index in [-0.39, 0.29) is 0 Å². The van der Waals surface area contributed by atoms with Crippen LogP contribution in [-0.4, -0.2) is 36.1 Å². The molecule has 3 heteroatoms. The Balaban J connectivity index is 1.65. The van der Waals surface area contributed by atoms with Gasteiger partial charge in [0.2, 0.25) is 0 Å². The topological polar surface area (TPSA) is 40.5 Å². The second-order valence-electron chi connectivity index (χ2n) is 7.49. The molecule has 2 bridgehead atoms. The number of rotatable bonds is 7. The molecule has 0 aromatic heterocycles. The van der Waals surface area contributed by atoms with Crippen LogP contribution in [0.25, 0.3) is 0 Å². The maximum Gasteiger partial charge on any atom is 0.309 e. The van der Waals surface area contributed by atoms with Gasteiger partial charge in [0.05, 0.1) is 5.41 Å². The highest BCUT2D eigenvalue weighted by Crippen LogP contribution is 2.48. The first-order valence-corrected chi connectivity index (χ1v) is 7.80. The van der Waals surface area contributed by atoms with Gasteiger partial charge < -0.3 is 10.0 Å². The van der Waals surface area contributed by atoms with Crippen molar-refractivity contribution in [2.45, 2.75) is 52.4 Å². The standard InChI is InChI=1S/C16H29NO2/c1-16(2,15(18)19)7-4-8-17(3)11-14-10-12-5-6-13(14)9-12/h12-14H,4-11H2,1-3H3,(H,18,19). The molecule has 0 aliphatic heterocycles. The van der Waals surface area contributed by atoms with Gasteiger partial charge in [0, 0.05) is 6.54 Å². The Morgan fingerprint density at radius 1 is 1.32 bits per heavy atom. The summed E-state index contributed by atoms with van der Waals surface area (Å²) in [6, 6.07) is 0. The molecule has 1 N–H and O–H groups in total. The van der Waals surface area contributed by atoms with Gasteiger partial charge >= 0.3 is 5.97 Å². The fourth-order valence-electron chi connectivity index (χ4n) is 3.99. The van der Waals surface area contributed by atoms with Crippen LogP contribution in [0.15, 0.2) is 0 Å². The third-order valence-corrected chi connectivity index (χ3v) is 5.35. The van der Waals surface area contributed by atoms with Gasteiger partial charge in [-0.3, -0.25) is 4.79 Å². The number of nitrogens with zero attached hydrogens (tertiary/aromatic N) is 1. The van der Waals surface area contributed by atoms with Gasteiger partial charge in [-0.15, -0.1) is 0 Å². The number of hydrogen-bond acceptors (Lipinski definition) is 2. The van der Waals surface area contributed by atoms with Crippen LogP contribution in [-0.2, 0) is 4.79 Å². The van der Waals surface area contributed by atoms with Crippen molar-refractivity contribution in [2.75, 3.05) is 20.1 Å². The summed E-state index contributed by atoms with van der Waals surface area (Å²) in [5.74, 6) is 2.25. The third kappa shape index (κ3) is 3.71. The molecular weight excluding hydrogens is 238 g/mol. The van der Waals surface area contributed by atoms with Crippen LogP contribution in [0.3, 0.4) is 0 Å². The summed E-state index contributed by atoms with van der Waals surface area (Å²) in [5, 5.41) is 9.09. The highest BCUT2D eigenvalue weighted by molar-refractivity contribution is 5.73. The average Bonchev–Trinajstić information content (AvgIpc) is 2.90. The van der Waals surface area contributed by atoms with E-state index in [2.05, 4.69) is 11.9 Å². The molecule has 110 valence electrons. The molecule has 0 aromatic carbocycles. The van der Waals surface area contributed by atoms with Crippen molar-refractivity contribution in [3.63, 3.8) is 0 Å².